The van der Waals surface area contributed by atoms with Crippen molar-refractivity contribution in [3.05, 3.63) is 34.3 Å². The van der Waals surface area contributed by atoms with Crippen LogP contribution in [0.5, 0.6) is 0 Å². The zero-order valence-corrected chi connectivity index (χ0v) is 11.1. The number of aromatic nitrogens is 1. The van der Waals surface area contributed by atoms with E-state index in [1.807, 2.05) is 0 Å². The molecule has 1 heterocycles. The smallest absolute Gasteiger partial charge is 0.417 e. The zero-order chi connectivity index (χ0) is 14.1. The van der Waals surface area contributed by atoms with Gasteiger partial charge in [0.15, 0.2) is 5.58 Å². The van der Waals surface area contributed by atoms with Gasteiger partial charge in [-0.2, -0.15) is 0 Å². The van der Waals surface area contributed by atoms with Crippen molar-refractivity contribution in [2.24, 2.45) is 5.92 Å². The molecule has 0 saturated heterocycles. The number of benzene rings is 1. The first-order chi connectivity index (χ1) is 9.65. The Morgan fingerprint density at radius 3 is 2.75 bits per heavy atom. The van der Waals surface area contributed by atoms with Crippen LogP contribution in [0.3, 0.4) is 0 Å². The minimum absolute atomic E-state index is 0.178. The van der Waals surface area contributed by atoms with E-state index in [2.05, 4.69) is 4.98 Å². The SMILES string of the molecule is O=C(O)C(c1ccc2oc(=O)[nH]c2c1)C1CCCCC1. The minimum atomic E-state index is -0.790. The van der Waals surface area contributed by atoms with Gasteiger partial charge < -0.3 is 9.52 Å². The Balaban J connectivity index is 1.99. The molecular weight excluding hydrogens is 258 g/mol. The highest BCUT2D eigenvalue weighted by Crippen LogP contribution is 2.36. The Kier molecular flexibility index (Phi) is 3.34. The number of carboxylic acids is 1. The van der Waals surface area contributed by atoms with Gasteiger partial charge in [0.2, 0.25) is 0 Å². The molecule has 106 valence electrons. The van der Waals surface area contributed by atoms with Crippen LogP contribution in [0.15, 0.2) is 27.4 Å². The molecule has 1 atom stereocenters. The van der Waals surface area contributed by atoms with E-state index in [9.17, 15) is 14.7 Å². The molecule has 0 spiro atoms. The standard InChI is InChI=1S/C15H17NO4/c17-14(18)13(9-4-2-1-3-5-9)10-6-7-12-11(8-10)16-15(19)20-12/h6-9,13H,1-5H2,(H,16,19)(H,17,18). The Bertz CT molecular complexity index is 678. The lowest BCUT2D eigenvalue weighted by Gasteiger charge is -2.27. The van der Waals surface area contributed by atoms with Crippen molar-refractivity contribution in [2.75, 3.05) is 0 Å². The van der Waals surface area contributed by atoms with Gasteiger partial charge in [0.1, 0.15) is 0 Å². The average Bonchev–Trinajstić information content (AvgIpc) is 2.79. The number of aromatic amines is 1. The van der Waals surface area contributed by atoms with Crippen LogP contribution in [0, 0.1) is 5.92 Å². The van der Waals surface area contributed by atoms with Crippen molar-refractivity contribution < 1.29 is 14.3 Å². The fourth-order valence-corrected chi connectivity index (χ4v) is 3.25. The summed E-state index contributed by atoms with van der Waals surface area (Å²) in [7, 11) is 0. The Labute approximate surface area is 115 Å². The van der Waals surface area contributed by atoms with Crippen LogP contribution in [0.25, 0.3) is 11.1 Å². The van der Waals surface area contributed by atoms with Crippen molar-refractivity contribution in [2.45, 2.75) is 38.0 Å². The molecule has 1 unspecified atom stereocenters. The molecular formula is C15H17NO4. The third kappa shape index (κ3) is 2.35. The van der Waals surface area contributed by atoms with E-state index in [0.29, 0.717) is 11.1 Å². The van der Waals surface area contributed by atoms with Crippen molar-refractivity contribution in [3.63, 3.8) is 0 Å². The van der Waals surface area contributed by atoms with Gasteiger partial charge in [-0.1, -0.05) is 25.3 Å². The third-order valence-electron chi connectivity index (χ3n) is 4.19. The van der Waals surface area contributed by atoms with Crippen molar-refractivity contribution in [1.82, 2.24) is 4.98 Å². The number of carboxylic acid groups (broad SMARTS) is 1. The van der Waals surface area contributed by atoms with Crippen LogP contribution in [0.1, 0.15) is 43.6 Å². The average molecular weight is 275 g/mol. The van der Waals surface area contributed by atoms with Crippen LogP contribution >= 0.6 is 0 Å². The molecule has 1 saturated carbocycles. The van der Waals surface area contributed by atoms with Crippen LogP contribution in [-0.2, 0) is 4.79 Å². The predicted octanol–water partition coefficient (Wildman–Crippen LogP) is 2.87. The lowest BCUT2D eigenvalue weighted by molar-refractivity contribution is -0.140. The fraction of sp³-hybridized carbons (Fsp3) is 0.467. The van der Waals surface area contributed by atoms with Crippen LogP contribution in [-0.4, -0.2) is 16.1 Å². The van der Waals surface area contributed by atoms with Gasteiger partial charge in [-0.05, 0) is 36.5 Å². The van der Waals surface area contributed by atoms with E-state index in [0.717, 1.165) is 31.2 Å². The monoisotopic (exact) mass is 275 g/mol. The molecule has 0 radical (unpaired) electrons. The number of rotatable bonds is 3. The number of aliphatic carboxylic acids is 1. The number of nitrogens with one attached hydrogen (secondary N) is 1. The molecule has 1 aromatic heterocycles. The van der Waals surface area contributed by atoms with Gasteiger partial charge in [-0.15, -0.1) is 0 Å². The maximum absolute atomic E-state index is 11.6. The highest BCUT2D eigenvalue weighted by Gasteiger charge is 2.31. The molecule has 5 heteroatoms. The summed E-state index contributed by atoms with van der Waals surface area (Å²) in [5, 5.41) is 9.56. The fourth-order valence-electron chi connectivity index (χ4n) is 3.25. The van der Waals surface area contributed by atoms with Gasteiger partial charge in [0.25, 0.3) is 0 Å². The molecule has 0 amide bonds. The molecule has 0 aliphatic heterocycles. The second-order valence-electron chi connectivity index (χ2n) is 5.48. The number of oxazole rings is 1. The Morgan fingerprint density at radius 1 is 1.30 bits per heavy atom. The summed E-state index contributed by atoms with van der Waals surface area (Å²) in [6, 6.07) is 5.15. The van der Waals surface area contributed by atoms with Gasteiger partial charge >= 0.3 is 11.7 Å². The first-order valence-corrected chi connectivity index (χ1v) is 7.01. The molecule has 1 aromatic carbocycles. The summed E-state index contributed by atoms with van der Waals surface area (Å²) in [6.45, 7) is 0. The number of fused-ring (bicyclic) bond motifs is 1. The maximum atomic E-state index is 11.6. The van der Waals surface area contributed by atoms with E-state index < -0.39 is 17.6 Å². The second kappa shape index (κ2) is 5.15. The normalized spacial score (nSPS) is 18.2. The largest absolute Gasteiger partial charge is 0.481 e. The molecule has 2 N–H and O–H groups in total. The van der Waals surface area contributed by atoms with Gasteiger partial charge in [-0.3, -0.25) is 9.78 Å². The summed E-state index contributed by atoms with van der Waals surface area (Å²) in [5.74, 6) is -1.63. The second-order valence-corrected chi connectivity index (χ2v) is 5.48. The highest BCUT2D eigenvalue weighted by atomic mass is 16.4. The number of hydrogen-bond acceptors (Lipinski definition) is 3. The Morgan fingerprint density at radius 2 is 2.05 bits per heavy atom. The van der Waals surface area contributed by atoms with E-state index >= 15 is 0 Å². The first-order valence-electron chi connectivity index (χ1n) is 7.01. The summed E-state index contributed by atoms with van der Waals surface area (Å²) < 4.78 is 4.95. The molecule has 1 fully saturated rings. The molecule has 1 aliphatic carbocycles. The quantitative estimate of drug-likeness (QED) is 0.902. The van der Waals surface area contributed by atoms with Gasteiger partial charge in [-0.25, -0.2) is 4.79 Å². The van der Waals surface area contributed by atoms with Crippen molar-refractivity contribution in [3.8, 4) is 0 Å². The number of hydrogen-bond donors (Lipinski definition) is 2. The molecule has 3 rings (SSSR count). The molecule has 5 nitrogen and oxygen atoms in total. The van der Waals surface area contributed by atoms with E-state index in [1.165, 1.54) is 6.42 Å². The topological polar surface area (TPSA) is 83.3 Å². The van der Waals surface area contributed by atoms with Crippen molar-refractivity contribution >= 4 is 17.1 Å². The summed E-state index contributed by atoms with van der Waals surface area (Å²) in [5.41, 5.74) is 1.77. The van der Waals surface area contributed by atoms with Gasteiger partial charge in [0.05, 0.1) is 11.4 Å². The van der Waals surface area contributed by atoms with Crippen LogP contribution in [0.4, 0.5) is 0 Å². The molecule has 20 heavy (non-hydrogen) atoms. The zero-order valence-electron chi connectivity index (χ0n) is 11.1. The summed E-state index contributed by atoms with van der Waals surface area (Å²) in [6.07, 6.45) is 5.29. The summed E-state index contributed by atoms with van der Waals surface area (Å²) in [4.78, 5) is 25.4. The summed E-state index contributed by atoms with van der Waals surface area (Å²) >= 11 is 0. The van der Waals surface area contributed by atoms with E-state index in [-0.39, 0.29) is 5.92 Å². The molecule has 0 bridgehead atoms. The lowest BCUT2D eigenvalue weighted by Crippen LogP contribution is -2.23. The number of H-pyrrole nitrogens is 1. The number of carbonyl (C=O) groups is 1. The molecule has 1 aliphatic rings. The van der Waals surface area contributed by atoms with Crippen LogP contribution in [0.2, 0.25) is 0 Å². The van der Waals surface area contributed by atoms with Crippen molar-refractivity contribution in [1.29, 1.82) is 0 Å². The van der Waals surface area contributed by atoms with Crippen LogP contribution < -0.4 is 5.76 Å². The predicted molar refractivity (Wildman–Crippen MR) is 73.8 cm³/mol. The van der Waals surface area contributed by atoms with Gasteiger partial charge in [0, 0.05) is 0 Å². The lowest BCUT2D eigenvalue weighted by atomic mass is 9.77. The first kappa shape index (κ1) is 13.0. The third-order valence-corrected chi connectivity index (χ3v) is 4.19. The Hall–Kier alpha value is -2.04. The van der Waals surface area contributed by atoms with E-state index in [1.54, 1.807) is 18.2 Å². The molecule has 2 aromatic rings. The highest BCUT2D eigenvalue weighted by molar-refractivity contribution is 5.80. The van der Waals surface area contributed by atoms with E-state index in [4.69, 9.17) is 4.42 Å². The maximum Gasteiger partial charge on any atom is 0.417 e. The minimum Gasteiger partial charge on any atom is -0.481 e.